The molecule has 5 nitrogen and oxygen atoms in total. The van der Waals surface area contributed by atoms with Gasteiger partial charge in [-0.2, -0.15) is 10.1 Å². The van der Waals surface area contributed by atoms with E-state index < -0.39 is 0 Å². The van der Waals surface area contributed by atoms with Gasteiger partial charge in [-0.3, -0.25) is 5.10 Å². The van der Waals surface area contributed by atoms with Crippen molar-refractivity contribution in [2.75, 3.05) is 5.32 Å². The van der Waals surface area contributed by atoms with E-state index in [1.54, 1.807) is 0 Å². The van der Waals surface area contributed by atoms with E-state index in [0.717, 1.165) is 28.1 Å². The number of aromatic amines is 1. The van der Waals surface area contributed by atoms with Crippen LogP contribution in [-0.2, 0) is 0 Å². The molecular formula is C16H18N4O. The van der Waals surface area contributed by atoms with Crippen molar-refractivity contribution < 1.29 is 4.74 Å². The van der Waals surface area contributed by atoms with E-state index in [2.05, 4.69) is 20.5 Å². The number of benzene rings is 1. The van der Waals surface area contributed by atoms with Gasteiger partial charge in [0, 0.05) is 17.1 Å². The highest BCUT2D eigenvalue weighted by molar-refractivity contribution is 5.89. The number of hydrogen-bond donors (Lipinski definition) is 2. The Kier molecular flexibility index (Phi) is 3.48. The minimum atomic E-state index is 0.0729. The monoisotopic (exact) mass is 282 g/mol. The lowest BCUT2D eigenvalue weighted by molar-refractivity contribution is 0.236. The van der Waals surface area contributed by atoms with Gasteiger partial charge >= 0.3 is 0 Å². The van der Waals surface area contributed by atoms with Crippen LogP contribution in [0.1, 0.15) is 19.5 Å². The molecule has 0 fully saturated rings. The van der Waals surface area contributed by atoms with Crippen LogP contribution >= 0.6 is 0 Å². The van der Waals surface area contributed by atoms with Gasteiger partial charge in [0.15, 0.2) is 5.82 Å². The first-order chi connectivity index (χ1) is 10.1. The minimum absolute atomic E-state index is 0.0729. The molecule has 0 atom stereocenters. The smallest absolute Gasteiger partial charge is 0.223 e. The molecule has 2 N–H and O–H groups in total. The number of rotatable bonds is 4. The maximum absolute atomic E-state index is 5.83. The van der Waals surface area contributed by atoms with Gasteiger partial charge in [-0.05, 0) is 38.3 Å². The van der Waals surface area contributed by atoms with Gasteiger partial charge in [-0.25, -0.2) is 0 Å². The summed E-state index contributed by atoms with van der Waals surface area (Å²) in [7, 11) is 0. The first-order valence-corrected chi connectivity index (χ1v) is 6.97. The topological polar surface area (TPSA) is 62.8 Å². The number of pyridine rings is 1. The molecule has 3 rings (SSSR count). The Hall–Kier alpha value is -2.56. The van der Waals surface area contributed by atoms with Crippen molar-refractivity contribution in [3.05, 3.63) is 42.1 Å². The molecule has 5 heteroatoms. The van der Waals surface area contributed by atoms with Crippen LogP contribution in [0.4, 0.5) is 11.6 Å². The highest BCUT2D eigenvalue weighted by Crippen LogP contribution is 2.28. The fourth-order valence-electron chi connectivity index (χ4n) is 2.16. The van der Waals surface area contributed by atoms with Crippen LogP contribution in [0.5, 0.6) is 5.88 Å². The largest absolute Gasteiger partial charge is 0.474 e. The van der Waals surface area contributed by atoms with Crippen molar-refractivity contribution >= 4 is 22.4 Å². The third-order valence-electron chi connectivity index (χ3n) is 3.01. The summed E-state index contributed by atoms with van der Waals surface area (Å²) in [4.78, 5) is 4.56. The summed E-state index contributed by atoms with van der Waals surface area (Å²) in [5.74, 6) is 2.10. The Morgan fingerprint density at radius 2 is 1.95 bits per heavy atom. The second kappa shape index (κ2) is 5.44. The zero-order valence-electron chi connectivity index (χ0n) is 12.3. The number of ether oxygens (including phenoxy) is 1. The van der Waals surface area contributed by atoms with E-state index in [1.165, 1.54) is 0 Å². The molecule has 2 aromatic heterocycles. The summed E-state index contributed by atoms with van der Waals surface area (Å²) in [6.45, 7) is 5.94. The molecule has 0 spiro atoms. The van der Waals surface area contributed by atoms with Crippen molar-refractivity contribution in [2.24, 2.45) is 0 Å². The van der Waals surface area contributed by atoms with E-state index in [0.29, 0.717) is 5.88 Å². The van der Waals surface area contributed by atoms with Gasteiger partial charge < -0.3 is 10.1 Å². The fraction of sp³-hybridized carbons (Fsp3) is 0.250. The average Bonchev–Trinajstić information content (AvgIpc) is 2.83. The molecule has 0 saturated heterocycles. The molecule has 0 aliphatic heterocycles. The number of anilines is 2. The van der Waals surface area contributed by atoms with Crippen LogP contribution in [0.15, 0.2) is 36.4 Å². The summed E-state index contributed by atoms with van der Waals surface area (Å²) in [5.41, 5.74) is 0.997. The van der Waals surface area contributed by atoms with Crippen molar-refractivity contribution in [2.45, 2.75) is 26.9 Å². The summed E-state index contributed by atoms with van der Waals surface area (Å²) in [6, 6.07) is 12.0. The molecule has 0 aliphatic rings. The van der Waals surface area contributed by atoms with E-state index in [-0.39, 0.29) is 6.10 Å². The quantitative estimate of drug-likeness (QED) is 0.764. The van der Waals surface area contributed by atoms with E-state index in [4.69, 9.17) is 4.74 Å². The number of H-pyrrole nitrogens is 1. The number of hydrogen-bond acceptors (Lipinski definition) is 4. The van der Waals surface area contributed by atoms with Crippen molar-refractivity contribution in [1.82, 2.24) is 15.2 Å². The average molecular weight is 282 g/mol. The predicted molar refractivity (Wildman–Crippen MR) is 84.1 cm³/mol. The third-order valence-corrected chi connectivity index (χ3v) is 3.01. The summed E-state index contributed by atoms with van der Waals surface area (Å²) in [6.07, 6.45) is 0.0729. The highest BCUT2D eigenvalue weighted by atomic mass is 16.5. The lowest BCUT2D eigenvalue weighted by Crippen LogP contribution is -2.08. The molecule has 0 saturated carbocycles. The lowest BCUT2D eigenvalue weighted by Gasteiger charge is -2.13. The highest BCUT2D eigenvalue weighted by Gasteiger charge is 2.09. The lowest BCUT2D eigenvalue weighted by atomic mass is 10.1. The zero-order valence-corrected chi connectivity index (χ0v) is 12.3. The van der Waals surface area contributed by atoms with Crippen LogP contribution in [0.25, 0.3) is 10.8 Å². The van der Waals surface area contributed by atoms with Crippen LogP contribution in [0.2, 0.25) is 0 Å². The Labute approximate surface area is 123 Å². The predicted octanol–water partition coefficient (Wildman–Crippen LogP) is 3.80. The van der Waals surface area contributed by atoms with Crippen molar-refractivity contribution in [3.63, 3.8) is 0 Å². The van der Waals surface area contributed by atoms with Gasteiger partial charge in [0.25, 0.3) is 0 Å². The Balaban J connectivity index is 2.02. The molecular weight excluding hydrogens is 264 g/mol. The van der Waals surface area contributed by atoms with Crippen LogP contribution in [0, 0.1) is 6.92 Å². The van der Waals surface area contributed by atoms with E-state index in [9.17, 15) is 0 Å². The maximum Gasteiger partial charge on any atom is 0.223 e. The van der Waals surface area contributed by atoms with E-state index in [1.807, 2.05) is 57.2 Å². The fourth-order valence-corrected chi connectivity index (χ4v) is 2.16. The second-order valence-electron chi connectivity index (χ2n) is 5.26. The van der Waals surface area contributed by atoms with Gasteiger partial charge in [-0.1, -0.05) is 18.2 Å². The maximum atomic E-state index is 5.83. The molecule has 0 bridgehead atoms. The Bertz CT molecular complexity index is 764. The number of aromatic nitrogens is 3. The standard InChI is InChI=1S/C16H18N4O/c1-10(2)21-16-13-7-5-4-6-12(13)9-14(18-16)17-15-8-11(3)19-20-15/h4-10H,1-3H3,(H2,17,18,19,20). The normalized spacial score (nSPS) is 11.0. The van der Waals surface area contributed by atoms with Crippen LogP contribution < -0.4 is 10.1 Å². The van der Waals surface area contributed by atoms with Crippen LogP contribution in [-0.4, -0.2) is 21.3 Å². The first kappa shape index (κ1) is 13.4. The molecule has 0 amide bonds. The van der Waals surface area contributed by atoms with Crippen LogP contribution in [0.3, 0.4) is 0 Å². The van der Waals surface area contributed by atoms with Gasteiger partial charge in [0.2, 0.25) is 5.88 Å². The Morgan fingerprint density at radius 3 is 2.67 bits per heavy atom. The summed E-state index contributed by atoms with van der Waals surface area (Å²) < 4.78 is 5.83. The van der Waals surface area contributed by atoms with Crippen molar-refractivity contribution in [3.8, 4) is 5.88 Å². The first-order valence-electron chi connectivity index (χ1n) is 6.97. The second-order valence-corrected chi connectivity index (χ2v) is 5.26. The molecule has 1 aromatic carbocycles. The van der Waals surface area contributed by atoms with Gasteiger partial charge in [0.05, 0.1) is 6.10 Å². The molecule has 21 heavy (non-hydrogen) atoms. The Morgan fingerprint density at radius 1 is 1.14 bits per heavy atom. The molecule has 0 aliphatic carbocycles. The van der Waals surface area contributed by atoms with Gasteiger partial charge in [-0.15, -0.1) is 0 Å². The summed E-state index contributed by atoms with van der Waals surface area (Å²) >= 11 is 0. The number of nitrogens with one attached hydrogen (secondary N) is 2. The number of fused-ring (bicyclic) bond motifs is 1. The molecule has 0 unspecified atom stereocenters. The molecule has 0 radical (unpaired) electrons. The SMILES string of the molecule is Cc1cc(Nc2cc3ccccc3c(OC(C)C)n2)n[nH]1. The van der Waals surface area contributed by atoms with Gasteiger partial charge in [0.1, 0.15) is 5.82 Å². The number of aryl methyl sites for hydroxylation is 1. The molecule has 108 valence electrons. The zero-order chi connectivity index (χ0) is 14.8. The summed E-state index contributed by atoms with van der Waals surface area (Å²) in [5, 5.41) is 12.4. The molecule has 3 aromatic rings. The molecule has 2 heterocycles. The van der Waals surface area contributed by atoms with Crippen molar-refractivity contribution in [1.29, 1.82) is 0 Å². The minimum Gasteiger partial charge on any atom is -0.474 e. The third kappa shape index (κ3) is 2.97. The number of nitrogens with zero attached hydrogens (tertiary/aromatic N) is 2. The van der Waals surface area contributed by atoms with E-state index >= 15 is 0 Å².